The van der Waals surface area contributed by atoms with Crippen molar-refractivity contribution < 1.29 is 29.2 Å². The quantitative estimate of drug-likeness (QED) is 0.235. The van der Waals surface area contributed by atoms with Crippen molar-refractivity contribution in [1.82, 2.24) is 0 Å². The van der Waals surface area contributed by atoms with E-state index in [4.69, 9.17) is 14.2 Å². The van der Waals surface area contributed by atoms with E-state index in [1.165, 1.54) is 6.92 Å². The summed E-state index contributed by atoms with van der Waals surface area (Å²) in [7, 11) is 1.67. The summed E-state index contributed by atoms with van der Waals surface area (Å²) in [5, 5.41) is 19.2. The molecule has 0 bridgehead atoms. The Kier molecular flexibility index (Phi) is 10.3. The van der Waals surface area contributed by atoms with E-state index in [-0.39, 0.29) is 29.5 Å². The van der Waals surface area contributed by atoms with Crippen LogP contribution in [0.3, 0.4) is 0 Å². The molecule has 0 spiro atoms. The van der Waals surface area contributed by atoms with Crippen molar-refractivity contribution in [2.45, 2.75) is 19.4 Å². The number of carbonyl (C=O) groups excluding carboxylic acids is 1. The smallest absolute Gasteiger partial charge is 0.308 e. The molecular weight excluding hydrogens is 456 g/mol. The minimum Gasteiger partial charge on any atom is -0.508 e. The molecule has 6 heteroatoms. The van der Waals surface area contributed by atoms with Crippen molar-refractivity contribution in [3.05, 3.63) is 102 Å². The van der Waals surface area contributed by atoms with Gasteiger partial charge in [0.2, 0.25) is 0 Å². The van der Waals surface area contributed by atoms with Crippen LogP contribution in [0.2, 0.25) is 0 Å². The molecule has 0 amide bonds. The first-order valence-electron chi connectivity index (χ1n) is 11.7. The van der Waals surface area contributed by atoms with Gasteiger partial charge in [0.05, 0.1) is 19.3 Å². The van der Waals surface area contributed by atoms with Crippen LogP contribution in [-0.2, 0) is 14.3 Å². The van der Waals surface area contributed by atoms with Crippen molar-refractivity contribution in [3.8, 4) is 17.2 Å². The molecule has 188 valence electrons. The van der Waals surface area contributed by atoms with Gasteiger partial charge >= 0.3 is 5.97 Å². The zero-order valence-electron chi connectivity index (χ0n) is 20.5. The van der Waals surface area contributed by atoms with Crippen LogP contribution in [0.5, 0.6) is 17.2 Å². The van der Waals surface area contributed by atoms with Crippen LogP contribution >= 0.6 is 0 Å². The van der Waals surface area contributed by atoms with Gasteiger partial charge in [0, 0.05) is 20.0 Å². The first-order valence-corrected chi connectivity index (χ1v) is 11.7. The molecule has 0 saturated carbocycles. The van der Waals surface area contributed by atoms with Crippen molar-refractivity contribution in [3.63, 3.8) is 0 Å². The third-order valence-electron chi connectivity index (χ3n) is 5.50. The number of hydrogen-bond acceptors (Lipinski definition) is 6. The van der Waals surface area contributed by atoms with Gasteiger partial charge in [-0.3, -0.25) is 4.79 Å². The standard InChI is InChI=1S/C30H32O6/c1-22(31)36-29-18-10-24(11-19-29)6-4-20-35-30(25-12-16-28(33)17-13-25)26(21-34-2)7-3-5-23-8-14-27(32)15-9-23/h3-6,8-19,26,30,32-33H,7,20-21H2,1-2H3/b5-3+,6-4+/t26-,30-/m0/s1. The lowest BCUT2D eigenvalue weighted by atomic mass is 9.92. The number of rotatable bonds is 12. The minimum atomic E-state index is -0.351. The first kappa shape index (κ1) is 26.7. The zero-order valence-corrected chi connectivity index (χ0v) is 20.5. The fourth-order valence-corrected chi connectivity index (χ4v) is 3.78. The monoisotopic (exact) mass is 488 g/mol. The molecule has 2 N–H and O–H groups in total. The van der Waals surface area contributed by atoms with Crippen molar-refractivity contribution in [1.29, 1.82) is 0 Å². The third kappa shape index (κ3) is 8.73. The van der Waals surface area contributed by atoms with Crippen LogP contribution in [-0.4, -0.2) is 36.5 Å². The topological polar surface area (TPSA) is 85.2 Å². The van der Waals surface area contributed by atoms with Gasteiger partial charge in [-0.25, -0.2) is 0 Å². The van der Waals surface area contributed by atoms with Gasteiger partial charge in [-0.15, -0.1) is 0 Å². The maximum Gasteiger partial charge on any atom is 0.308 e. The van der Waals surface area contributed by atoms with Gasteiger partial charge < -0.3 is 24.4 Å². The average Bonchev–Trinajstić information content (AvgIpc) is 2.86. The predicted octanol–water partition coefficient (Wildman–Crippen LogP) is 6.16. The van der Waals surface area contributed by atoms with Gasteiger partial charge in [0.25, 0.3) is 0 Å². The fourth-order valence-electron chi connectivity index (χ4n) is 3.78. The summed E-state index contributed by atoms with van der Waals surface area (Å²) in [6, 6.07) is 21.3. The number of allylic oxidation sites excluding steroid dienone is 1. The molecule has 0 unspecified atom stereocenters. The lowest BCUT2D eigenvalue weighted by Gasteiger charge is -2.26. The Morgan fingerprint density at radius 2 is 1.39 bits per heavy atom. The number of aromatic hydroxyl groups is 2. The van der Waals surface area contributed by atoms with Crippen LogP contribution in [0.4, 0.5) is 0 Å². The lowest BCUT2D eigenvalue weighted by Crippen LogP contribution is -2.20. The summed E-state index contributed by atoms with van der Waals surface area (Å²) in [5.41, 5.74) is 2.90. The van der Waals surface area contributed by atoms with E-state index in [2.05, 4.69) is 6.08 Å². The Morgan fingerprint density at radius 1 is 0.833 bits per heavy atom. The molecule has 6 nitrogen and oxygen atoms in total. The molecule has 0 saturated heterocycles. The molecule has 3 rings (SSSR count). The highest BCUT2D eigenvalue weighted by Crippen LogP contribution is 2.31. The summed E-state index contributed by atoms with van der Waals surface area (Å²) >= 11 is 0. The summed E-state index contributed by atoms with van der Waals surface area (Å²) in [4.78, 5) is 11.1. The number of hydrogen-bond donors (Lipinski definition) is 2. The molecular formula is C30H32O6. The largest absolute Gasteiger partial charge is 0.508 e. The first-order chi connectivity index (χ1) is 17.4. The molecule has 0 heterocycles. The number of methoxy groups -OCH3 is 1. The normalized spacial score (nSPS) is 13.2. The van der Waals surface area contributed by atoms with Gasteiger partial charge in [0.1, 0.15) is 17.2 Å². The summed E-state index contributed by atoms with van der Waals surface area (Å²) in [6.07, 6.45) is 8.42. The van der Waals surface area contributed by atoms with Crippen LogP contribution in [0.25, 0.3) is 12.2 Å². The van der Waals surface area contributed by atoms with Gasteiger partial charge in [-0.05, 0) is 59.5 Å². The number of phenolic OH excluding ortho intramolecular Hbond substituents is 2. The van der Waals surface area contributed by atoms with E-state index >= 15 is 0 Å². The maximum absolute atomic E-state index is 11.1. The van der Waals surface area contributed by atoms with E-state index in [1.807, 2.05) is 54.6 Å². The van der Waals surface area contributed by atoms with Crippen LogP contribution in [0, 0.1) is 5.92 Å². The predicted molar refractivity (Wildman–Crippen MR) is 141 cm³/mol. The number of benzene rings is 3. The van der Waals surface area contributed by atoms with E-state index < -0.39 is 0 Å². The second-order valence-corrected chi connectivity index (χ2v) is 8.36. The van der Waals surface area contributed by atoms with Crippen molar-refractivity contribution in [2.24, 2.45) is 5.92 Å². The third-order valence-corrected chi connectivity index (χ3v) is 5.50. The van der Waals surface area contributed by atoms with E-state index in [0.717, 1.165) is 16.7 Å². The molecule has 0 fully saturated rings. The Labute approximate surface area is 212 Å². The van der Waals surface area contributed by atoms with Gasteiger partial charge in [-0.1, -0.05) is 60.7 Å². The molecule has 0 aliphatic heterocycles. The minimum absolute atomic E-state index is 0.0318. The molecule has 0 radical (unpaired) electrons. The molecule has 3 aromatic rings. The lowest BCUT2D eigenvalue weighted by molar-refractivity contribution is -0.131. The van der Waals surface area contributed by atoms with Crippen molar-refractivity contribution >= 4 is 18.1 Å². The Hall–Kier alpha value is -3.87. The molecule has 3 aromatic carbocycles. The SMILES string of the molecule is COC[C@H](C/C=C/c1ccc(O)cc1)[C@@H](OC/C=C/c1ccc(OC(C)=O)cc1)c1ccc(O)cc1. The molecule has 0 aliphatic rings. The number of ether oxygens (including phenoxy) is 3. The Morgan fingerprint density at radius 3 is 1.97 bits per heavy atom. The number of esters is 1. The van der Waals surface area contributed by atoms with Crippen LogP contribution in [0.15, 0.2) is 84.9 Å². The number of carbonyl (C=O) groups is 1. The van der Waals surface area contributed by atoms with E-state index in [0.29, 0.717) is 25.4 Å². The van der Waals surface area contributed by atoms with Crippen LogP contribution < -0.4 is 4.74 Å². The highest BCUT2D eigenvalue weighted by Gasteiger charge is 2.23. The maximum atomic E-state index is 11.1. The second-order valence-electron chi connectivity index (χ2n) is 8.36. The molecule has 36 heavy (non-hydrogen) atoms. The van der Waals surface area contributed by atoms with E-state index in [1.54, 1.807) is 43.5 Å². The Balaban J connectivity index is 1.69. The van der Waals surface area contributed by atoms with Crippen LogP contribution in [0.1, 0.15) is 36.1 Å². The summed E-state index contributed by atoms with van der Waals surface area (Å²) in [5.74, 6) is 0.620. The molecule has 0 aromatic heterocycles. The Bertz CT molecular complexity index is 1130. The molecule has 0 aliphatic carbocycles. The summed E-state index contributed by atoms with van der Waals surface area (Å²) < 4.78 is 16.9. The average molecular weight is 489 g/mol. The van der Waals surface area contributed by atoms with Gasteiger partial charge in [0.15, 0.2) is 0 Å². The number of phenols is 2. The molecule has 2 atom stereocenters. The zero-order chi connectivity index (χ0) is 25.8. The summed E-state index contributed by atoms with van der Waals surface area (Å²) in [6.45, 7) is 2.24. The fraction of sp³-hybridized carbons (Fsp3) is 0.233. The van der Waals surface area contributed by atoms with E-state index in [9.17, 15) is 15.0 Å². The van der Waals surface area contributed by atoms with Crippen molar-refractivity contribution in [2.75, 3.05) is 20.3 Å². The highest BCUT2D eigenvalue weighted by molar-refractivity contribution is 5.69. The van der Waals surface area contributed by atoms with Gasteiger partial charge in [-0.2, -0.15) is 0 Å². The highest BCUT2D eigenvalue weighted by atomic mass is 16.5. The second kappa shape index (κ2) is 13.9.